The molecular formula is C23H38N4O3S. The summed E-state index contributed by atoms with van der Waals surface area (Å²) < 4.78 is 30.5. The topological polar surface area (TPSA) is 119 Å². The number of benzene rings is 2. The standard InChI is InChI=1S/C20H29N3O3S.C3H9N/c1-3-5-12-23-18-13-16(15-22-11-4-2)14-19(27(21,24)25)20(18)26-17-9-7-6-8-10-17;1-2-3-4/h6-10,13-14,22-23H,3-5,11-12,15H2,1-2H3,(H2,21,24,25);2-4H2,1H3. The molecule has 0 aromatic heterocycles. The number of nitrogens with one attached hydrogen (secondary N) is 2. The van der Waals surface area contributed by atoms with Gasteiger partial charge in [0.15, 0.2) is 5.75 Å². The van der Waals surface area contributed by atoms with Gasteiger partial charge in [0.2, 0.25) is 10.0 Å². The largest absolute Gasteiger partial charge is 0.454 e. The second kappa shape index (κ2) is 14.8. The average molecular weight is 451 g/mol. The van der Waals surface area contributed by atoms with Crippen molar-refractivity contribution in [3.63, 3.8) is 0 Å². The smallest absolute Gasteiger partial charge is 0.241 e. The first-order valence-electron chi connectivity index (χ1n) is 10.9. The molecular weight excluding hydrogens is 412 g/mol. The minimum absolute atomic E-state index is 0.0128. The molecule has 0 unspecified atom stereocenters. The van der Waals surface area contributed by atoms with Gasteiger partial charge in [-0.1, -0.05) is 45.4 Å². The van der Waals surface area contributed by atoms with E-state index >= 15 is 0 Å². The molecule has 0 aliphatic heterocycles. The number of rotatable bonds is 12. The maximum Gasteiger partial charge on any atom is 0.241 e. The van der Waals surface area contributed by atoms with Gasteiger partial charge < -0.3 is 21.1 Å². The number of sulfonamides is 1. The molecule has 0 atom stereocenters. The first-order valence-corrected chi connectivity index (χ1v) is 12.5. The third kappa shape index (κ3) is 10.1. The van der Waals surface area contributed by atoms with Gasteiger partial charge in [0, 0.05) is 13.1 Å². The van der Waals surface area contributed by atoms with Crippen LogP contribution in [0.1, 0.15) is 52.0 Å². The van der Waals surface area contributed by atoms with E-state index in [0.717, 1.165) is 50.9 Å². The van der Waals surface area contributed by atoms with Gasteiger partial charge >= 0.3 is 0 Å². The van der Waals surface area contributed by atoms with Crippen molar-refractivity contribution >= 4 is 15.7 Å². The molecule has 0 heterocycles. The molecule has 2 aromatic carbocycles. The Morgan fingerprint density at radius 3 is 2.19 bits per heavy atom. The van der Waals surface area contributed by atoms with Gasteiger partial charge in [0.1, 0.15) is 10.6 Å². The molecule has 174 valence electrons. The van der Waals surface area contributed by atoms with E-state index in [1.54, 1.807) is 18.2 Å². The first kappa shape index (κ1) is 26.9. The number of nitrogens with two attached hydrogens (primary N) is 2. The zero-order valence-electron chi connectivity index (χ0n) is 19.0. The lowest BCUT2D eigenvalue weighted by molar-refractivity contribution is 0.468. The monoisotopic (exact) mass is 450 g/mol. The number of unbranched alkanes of at least 4 members (excludes halogenated alkanes) is 1. The third-order valence-corrected chi connectivity index (χ3v) is 5.19. The zero-order valence-corrected chi connectivity index (χ0v) is 19.8. The highest BCUT2D eigenvalue weighted by atomic mass is 32.2. The molecule has 6 N–H and O–H groups in total. The molecule has 0 aliphatic rings. The van der Waals surface area contributed by atoms with Crippen LogP contribution in [0.25, 0.3) is 0 Å². The summed E-state index contributed by atoms with van der Waals surface area (Å²) in [5.74, 6) is 0.789. The molecule has 0 aliphatic carbocycles. The fraction of sp³-hybridized carbons (Fsp3) is 0.478. The van der Waals surface area contributed by atoms with Crippen LogP contribution in [0, 0.1) is 0 Å². The Balaban J connectivity index is 0.00000110. The molecule has 0 spiro atoms. The molecule has 2 aromatic rings. The van der Waals surface area contributed by atoms with E-state index in [9.17, 15) is 8.42 Å². The van der Waals surface area contributed by atoms with Gasteiger partial charge in [0.05, 0.1) is 5.69 Å². The summed E-state index contributed by atoms with van der Waals surface area (Å²) in [4.78, 5) is -0.0128. The summed E-state index contributed by atoms with van der Waals surface area (Å²) in [5.41, 5.74) is 6.50. The second-order valence-electron chi connectivity index (χ2n) is 7.18. The van der Waals surface area contributed by atoms with Crippen molar-refractivity contribution in [1.82, 2.24) is 5.32 Å². The number of para-hydroxylation sites is 1. The number of anilines is 1. The molecule has 8 heteroatoms. The molecule has 0 radical (unpaired) electrons. The van der Waals surface area contributed by atoms with Crippen molar-refractivity contribution in [1.29, 1.82) is 0 Å². The van der Waals surface area contributed by atoms with Crippen LogP contribution >= 0.6 is 0 Å². The predicted molar refractivity (Wildman–Crippen MR) is 129 cm³/mol. The Morgan fingerprint density at radius 2 is 1.65 bits per heavy atom. The maximum absolute atomic E-state index is 12.3. The highest BCUT2D eigenvalue weighted by Crippen LogP contribution is 2.37. The van der Waals surface area contributed by atoms with Crippen LogP contribution in [0.2, 0.25) is 0 Å². The Kier molecular flexibility index (Phi) is 12.8. The van der Waals surface area contributed by atoms with Crippen molar-refractivity contribution in [2.75, 3.05) is 25.0 Å². The summed E-state index contributed by atoms with van der Waals surface area (Å²) >= 11 is 0. The van der Waals surface area contributed by atoms with E-state index in [1.807, 2.05) is 24.3 Å². The molecule has 0 saturated carbocycles. The third-order valence-electron chi connectivity index (χ3n) is 4.27. The minimum Gasteiger partial charge on any atom is -0.454 e. The summed E-state index contributed by atoms with van der Waals surface area (Å²) in [7, 11) is -3.95. The molecule has 0 bridgehead atoms. The van der Waals surface area contributed by atoms with Crippen molar-refractivity contribution in [3.8, 4) is 11.5 Å². The van der Waals surface area contributed by atoms with Gasteiger partial charge in [-0.3, -0.25) is 0 Å². The highest BCUT2D eigenvalue weighted by molar-refractivity contribution is 7.89. The number of primary sulfonamides is 1. The van der Waals surface area contributed by atoms with Crippen LogP contribution in [-0.2, 0) is 16.6 Å². The van der Waals surface area contributed by atoms with Crippen molar-refractivity contribution in [3.05, 3.63) is 48.0 Å². The van der Waals surface area contributed by atoms with E-state index in [2.05, 4.69) is 31.4 Å². The zero-order chi connectivity index (χ0) is 23.1. The number of ether oxygens (including phenoxy) is 1. The van der Waals surface area contributed by atoms with Gasteiger partial charge in [-0.15, -0.1) is 0 Å². The first-order chi connectivity index (χ1) is 14.9. The second-order valence-corrected chi connectivity index (χ2v) is 8.71. The summed E-state index contributed by atoms with van der Waals surface area (Å²) in [6.45, 7) is 9.19. The van der Waals surface area contributed by atoms with Gasteiger partial charge in [-0.2, -0.15) is 0 Å². The van der Waals surface area contributed by atoms with Crippen molar-refractivity contribution < 1.29 is 13.2 Å². The number of hydrogen-bond donors (Lipinski definition) is 4. The highest BCUT2D eigenvalue weighted by Gasteiger charge is 2.21. The van der Waals surface area contributed by atoms with E-state index in [4.69, 9.17) is 15.6 Å². The van der Waals surface area contributed by atoms with E-state index in [1.165, 1.54) is 0 Å². The predicted octanol–water partition coefficient (Wildman–Crippen LogP) is 4.19. The Labute approximate surface area is 187 Å². The summed E-state index contributed by atoms with van der Waals surface area (Å²) in [6, 6.07) is 12.6. The quantitative estimate of drug-likeness (QED) is 0.360. The Morgan fingerprint density at radius 1 is 0.968 bits per heavy atom. The van der Waals surface area contributed by atoms with Gasteiger partial charge in [-0.25, -0.2) is 13.6 Å². The van der Waals surface area contributed by atoms with Gasteiger partial charge in [0.25, 0.3) is 0 Å². The van der Waals surface area contributed by atoms with Crippen LogP contribution in [0.4, 0.5) is 5.69 Å². The lowest BCUT2D eigenvalue weighted by Gasteiger charge is -2.18. The lowest BCUT2D eigenvalue weighted by Crippen LogP contribution is -2.18. The summed E-state index contributed by atoms with van der Waals surface area (Å²) in [5, 5.41) is 12.1. The summed E-state index contributed by atoms with van der Waals surface area (Å²) in [6.07, 6.45) is 4.09. The Bertz CT molecular complexity index is 857. The Hall–Kier alpha value is -2.13. The molecule has 0 fully saturated rings. The van der Waals surface area contributed by atoms with Crippen LogP contribution in [0.15, 0.2) is 47.4 Å². The fourth-order valence-electron chi connectivity index (χ4n) is 2.62. The fourth-order valence-corrected chi connectivity index (χ4v) is 3.35. The van der Waals surface area contributed by atoms with Crippen LogP contribution in [-0.4, -0.2) is 28.1 Å². The SMILES string of the molecule is CCCCNc1cc(CNCCC)cc(S(N)(=O)=O)c1Oc1ccccc1.CCCN. The van der Waals surface area contributed by atoms with Crippen molar-refractivity contribution in [2.45, 2.75) is 57.9 Å². The van der Waals surface area contributed by atoms with Crippen molar-refractivity contribution in [2.24, 2.45) is 10.9 Å². The average Bonchev–Trinajstić information content (AvgIpc) is 2.75. The molecule has 0 saturated heterocycles. The van der Waals surface area contributed by atoms with Crippen LogP contribution in [0.5, 0.6) is 11.5 Å². The number of hydrogen-bond acceptors (Lipinski definition) is 6. The van der Waals surface area contributed by atoms with Crippen LogP contribution < -0.4 is 26.2 Å². The lowest BCUT2D eigenvalue weighted by atomic mass is 10.1. The minimum atomic E-state index is -3.95. The van der Waals surface area contributed by atoms with E-state index in [0.29, 0.717) is 18.0 Å². The molecule has 0 amide bonds. The van der Waals surface area contributed by atoms with Crippen LogP contribution in [0.3, 0.4) is 0 Å². The molecule has 31 heavy (non-hydrogen) atoms. The molecule has 7 nitrogen and oxygen atoms in total. The van der Waals surface area contributed by atoms with Gasteiger partial charge in [-0.05, 0) is 62.2 Å². The molecule has 2 rings (SSSR count). The van der Waals surface area contributed by atoms with E-state index in [-0.39, 0.29) is 10.6 Å². The van der Waals surface area contributed by atoms with E-state index < -0.39 is 10.0 Å². The maximum atomic E-state index is 12.3. The normalized spacial score (nSPS) is 10.9.